The van der Waals surface area contributed by atoms with Crippen molar-refractivity contribution in [2.75, 3.05) is 5.73 Å². The lowest BCUT2D eigenvalue weighted by molar-refractivity contribution is 0.654. The molecule has 3 rings (SSSR count). The van der Waals surface area contributed by atoms with Crippen LogP contribution in [-0.2, 0) is 6.42 Å². The fraction of sp³-hybridized carbons (Fsp3) is 0.400. The predicted molar refractivity (Wildman–Crippen MR) is 82.4 cm³/mol. The lowest BCUT2D eigenvalue weighted by atomic mass is 10.1. The summed E-state index contributed by atoms with van der Waals surface area (Å²) in [7, 11) is 0. The average Bonchev–Trinajstić information content (AvgIpc) is 2.95. The largest absolute Gasteiger partial charge is 0.368 e. The van der Waals surface area contributed by atoms with Gasteiger partial charge in [-0.3, -0.25) is 0 Å². The van der Waals surface area contributed by atoms with Gasteiger partial charge in [0.15, 0.2) is 0 Å². The molecule has 0 spiro atoms. The Morgan fingerprint density at radius 3 is 2.60 bits per heavy atom. The molecule has 0 amide bonds. The summed E-state index contributed by atoms with van der Waals surface area (Å²) in [5.74, 6) is 2.42. The van der Waals surface area contributed by atoms with Gasteiger partial charge in [0.2, 0.25) is 5.95 Å². The number of nitrogens with two attached hydrogens (primary N) is 1. The van der Waals surface area contributed by atoms with Crippen molar-refractivity contribution < 1.29 is 0 Å². The molecule has 4 nitrogen and oxygen atoms in total. The van der Waals surface area contributed by atoms with Crippen LogP contribution in [-0.4, -0.2) is 15.0 Å². The van der Waals surface area contributed by atoms with Gasteiger partial charge < -0.3 is 5.73 Å². The Morgan fingerprint density at radius 2 is 1.85 bits per heavy atom. The van der Waals surface area contributed by atoms with Crippen LogP contribution in [0.15, 0.2) is 28.7 Å². The summed E-state index contributed by atoms with van der Waals surface area (Å²) < 4.78 is 1.07. The number of hydrogen-bond acceptors (Lipinski definition) is 4. The lowest BCUT2D eigenvalue weighted by Gasteiger charge is -2.10. The van der Waals surface area contributed by atoms with Gasteiger partial charge in [0.25, 0.3) is 0 Å². The van der Waals surface area contributed by atoms with Crippen LogP contribution >= 0.6 is 15.9 Å². The smallest absolute Gasteiger partial charge is 0.223 e. The monoisotopic (exact) mass is 332 g/mol. The van der Waals surface area contributed by atoms with Crippen LogP contribution in [0.1, 0.15) is 48.8 Å². The Balaban J connectivity index is 1.88. The molecule has 0 aliphatic heterocycles. The van der Waals surface area contributed by atoms with Crippen molar-refractivity contribution >= 4 is 21.9 Å². The molecular formula is C15H17BrN4. The highest BCUT2D eigenvalue weighted by atomic mass is 79.9. The first kappa shape index (κ1) is 13.5. The fourth-order valence-electron chi connectivity index (χ4n) is 2.71. The number of halogens is 1. The first-order chi connectivity index (χ1) is 9.72. The van der Waals surface area contributed by atoms with E-state index in [0.717, 1.165) is 34.5 Å². The normalized spacial score (nSPS) is 15.7. The van der Waals surface area contributed by atoms with E-state index in [9.17, 15) is 0 Å². The van der Waals surface area contributed by atoms with Crippen molar-refractivity contribution in [2.45, 2.75) is 38.0 Å². The minimum absolute atomic E-state index is 0.337. The van der Waals surface area contributed by atoms with E-state index in [1.54, 1.807) is 0 Å². The lowest BCUT2D eigenvalue weighted by Crippen LogP contribution is -2.10. The molecule has 0 saturated heterocycles. The molecule has 5 heteroatoms. The average molecular weight is 333 g/mol. The topological polar surface area (TPSA) is 64.7 Å². The molecule has 1 aliphatic carbocycles. The SMILES string of the molecule is Nc1nc(Cc2ccccc2Br)nc(C2CCCC2)n1. The maximum Gasteiger partial charge on any atom is 0.223 e. The second-order valence-electron chi connectivity index (χ2n) is 5.22. The van der Waals surface area contributed by atoms with Gasteiger partial charge in [-0.15, -0.1) is 0 Å². The minimum Gasteiger partial charge on any atom is -0.368 e. The predicted octanol–water partition coefficient (Wildman–Crippen LogP) is 3.46. The fourth-order valence-corrected chi connectivity index (χ4v) is 3.14. The number of nitrogen functional groups attached to an aromatic ring is 1. The Bertz CT molecular complexity index is 609. The van der Waals surface area contributed by atoms with E-state index < -0.39 is 0 Å². The first-order valence-electron chi connectivity index (χ1n) is 6.96. The number of nitrogens with zero attached hydrogens (tertiary/aromatic N) is 3. The van der Waals surface area contributed by atoms with Gasteiger partial charge >= 0.3 is 0 Å². The molecule has 2 N–H and O–H groups in total. The quantitative estimate of drug-likeness (QED) is 0.934. The van der Waals surface area contributed by atoms with E-state index in [2.05, 4.69) is 36.9 Å². The highest BCUT2D eigenvalue weighted by Crippen LogP contribution is 2.32. The third-order valence-electron chi connectivity index (χ3n) is 3.74. The number of aromatic nitrogens is 3. The van der Waals surface area contributed by atoms with E-state index in [0.29, 0.717) is 18.3 Å². The Morgan fingerprint density at radius 1 is 1.10 bits per heavy atom. The number of benzene rings is 1. The standard InChI is InChI=1S/C15H17BrN4/c16-12-8-4-3-7-11(12)9-13-18-14(20-15(17)19-13)10-5-1-2-6-10/h3-4,7-8,10H,1-2,5-6,9H2,(H2,17,18,19,20). The van der Waals surface area contributed by atoms with Crippen LogP contribution in [0.3, 0.4) is 0 Å². The second kappa shape index (κ2) is 5.87. The maximum atomic E-state index is 5.84. The molecule has 20 heavy (non-hydrogen) atoms. The van der Waals surface area contributed by atoms with Gasteiger partial charge in [-0.2, -0.15) is 9.97 Å². The third kappa shape index (κ3) is 2.98. The molecule has 1 aromatic carbocycles. The Labute approximate surface area is 127 Å². The van der Waals surface area contributed by atoms with Crippen LogP contribution in [0, 0.1) is 0 Å². The zero-order valence-corrected chi connectivity index (χ0v) is 12.8. The van der Waals surface area contributed by atoms with Crippen molar-refractivity contribution in [2.24, 2.45) is 0 Å². The van der Waals surface area contributed by atoms with Crippen molar-refractivity contribution in [3.8, 4) is 0 Å². The summed E-state index contributed by atoms with van der Waals surface area (Å²) in [6.45, 7) is 0. The molecule has 1 saturated carbocycles. The van der Waals surface area contributed by atoms with E-state index in [1.807, 2.05) is 18.2 Å². The van der Waals surface area contributed by atoms with Crippen LogP contribution in [0.2, 0.25) is 0 Å². The second-order valence-corrected chi connectivity index (χ2v) is 6.07. The van der Waals surface area contributed by atoms with E-state index in [1.165, 1.54) is 12.8 Å². The first-order valence-corrected chi connectivity index (χ1v) is 7.75. The Kier molecular flexibility index (Phi) is 3.96. The van der Waals surface area contributed by atoms with Gasteiger partial charge in [0, 0.05) is 16.8 Å². The van der Waals surface area contributed by atoms with Crippen molar-refractivity contribution in [3.63, 3.8) is 0 Å². The van der Waals surface area contributed by atoms with Crippen LogP contribution < -0.4 is 5.73 Å². The minimum atomic E-state index is 0.337. The highest BCUT2D eigenvalue weighted by molar-refractivity contribution is 9.10. The molecular weight excluding hydrogens is 316 g/mol. The molecule has 0 bridgehead atoms. The molecule has 0 radical (unpaired) electrons. The van der Waals surface area contributed by atoms with E-state index in [4.69, 9.17) is 5.73 Å². The maximum absolute atomic E-state index is 5.84. The summed E-state index contributed by atoms with van der Waals surface area (Å²) in [4.78, 5) is 13.2. The zero-order chi connectivity index (χ0) is 13.9. The molecule has 104 valence electrons. The third-order valence-corrected chi connectivity index (χ3v) is 4.52. The molecule has 1 aromatic heterocycles. The van der Waals surface area contributed by atoms with Gasteiger partial charge in [-0.1, -0.05) is 47.0 Å². The summed E-state index contributed by atoms with van der Waals surface area (Å²) in [5, 5.41) is 0. The number of rotatable bonds is 3. The Hall–Kier alpha value is -1.49. The van der Waals surface area contributed by atoms with Crippen molar-refractivity contribution in [1.29, 1.82) is 0 Å². The van der Waals surface area contributed by atoms with Crippen LogP contribution in [0.25, 0.3) is 0 Å². The van der Waals surface area contributed by atoms with Gasteiger partial charge in [0.1, 0.15) is 11.6 Å². The van der Waals surface area contributed by atoms with Gasteiger partial charge in [-0.05, 0) is 24.5 Å². The number of hydrogen-bond donors (Lipinski definition) is 1. The van der Waals surface area contributed by atoms with Gasteiger partial charge in [0.05, 0.1) is 0 Å². The van der Waals surface area contributed by atoms with E-state index >= 15 is 0 Å². The zero-order valence-electron chi connectivity index (χ0n) is 11.2. The van der Waals surface area contributed by atoms with Crippen molar-refractivity contribution in [1.82, 2.24) is 15.0 Å². The van der Waals surface area contributed by atoms with Crippen LogP contribution in [0.4, 0.5) is 5.95 Å². The molecule has 2 aromatic rings. The van der Waals surface area contributed by atoms with Gasteiger partial charge in [-0.25, -0.2) is 4.98 Å². The molecule has 1 heterocycles. The summed E-state index contributed by atoms with van der Waals surface area (Å²) in [6.07, 6.45) is 5.52. The van der Waals surface area contributed by atoms with Crippen molar-refractivity contribution in [3.05, 3.63) is 46.0 Å². The van der Waals surface area contributed by atoms with E-state index in [-0.39, 0.29) is 0 Å². The molecule has 0 unspecified atom stereocenters. The molecule has 0 atom stereocenters. The molecule has 1 aliphatic rings. The van der Waals surface area contributed by atoms with Crippen LogP contribution in [0.5, 0.6) is 0 Å². The summed E-state index contributed by atoms with van der Waals surface area (Å²) in [6, 6.07) is 8.11. The number of anilines is 1. The molecule has 1 fully saturated rings. The summed E-state index contributed by atoms with van der Waals surface area (Å²) in [5.41, 5.74) is 7.01. The highest BCUT2D eigenvalue weighted by Gasteiger charge is 2.21. The summed E-state index contributed by atoms with van der Waals surface area (Å²) >= 11 is 3.55.